The van der Waals surface area contributed by atoms with Crippen LogP contribution in [0.1, 0.15) is 30.4 Å². The maximum atomic E-state index is 5.79. The van der Waals surface area contributed by atoms with Gasteiger partial charge in [0.2, 0.25) is 0 Å². The number of rotatable bonds is 7. The Labute approximate surface area is 120 Å². The molecule has 0 radical (unpaired) electrons. The molecule has 0 amide bonds. The van der Waals surface area contributed by atoms with E-state index in [1.807, 2.05) is 12.1 Å². The fourth-order valence-electron chi connectivity index (χ4n) is 2.39. The first-order valence-electron chi connectivity index (χ1n) is 6.70. The second-order valence-corrected chi connectivity index (χ2v) is 5.90. The number of nitrogens with two attached hydrogens (primary N) is 1. The number of thiocarbonyl (C=S) groups is 1. The molecule has 1 saturated carbocycles. The Kier molecular flexibility index (Phi) is 4.42. The summed E-state index contributed by atoms with van der Waals surface area (Å²) in [5, 5.41) is 3.55. The van der Waals surface area contributed by atoms with E-state index in [0.717, 1.165) is 30.8 Å². The van der Waals surface area contributed by atoms with E-state index < -0.39 is 0 Å². The van der Waals surface area contributed by atoms with Crippen LogP contribution in [-0.2, 0) is 4.74 Å². The van der Waals surface area contributed by atoms with Crippen molar-refractivity contribution in [1.29, 1.82) is 0 Å². The smallest absolute Gasteiger partial charge is 0.106 e. The molecule has 0 aliphatic heterocycles. The summed E-state index contributed by atoms with van der Waals surface area (Å²) < 4.78 is 5.19. The molecule has 1 aromatic carbocycles. The summed E-state index contributed by atoms with van der Waals surface area (Å²) in [7, 11) is 1.76. The van der Waals surface area contributed by atoms with E-state index in [1.165, 1.54) is 18.4 Å². The molecule has 1 fully saturated rings. The van der Waals surface area contributed by atoms with Crippen LogP contribution in [0.4, 0.5) is 5.69 Å². The Bertz CT molecular complexity index is 469. The zero-order valence-corrected chi connectivity index (χ0v) is 12.5. The molecule has 0 unspecified atom stereocenters. The molecule has 3 N–H and O–H groups in total. The summed E-state index contributed by atoms with van der Waals surface area (Å²) in [5.41, 5.74) is 9.41. The van der Waals surface area contributed by atoms with Crippen molar-refractivity contribution in [2.45, 2.75) is 26.2 Å². The van der Waals surface area contributed by atoms with E-state index in [4.69, 9.17) is 22.7 Å². The number of aryl methyl sites for hydroxylation is 1. The number of hydrogen-bond donors (Lipinski definition) is 2. The lowest BCUT2D eigenvalue weighted by molar-refractivity contribution is 0.175. The van der Waals surface area contributed by atoms with Gasteiger partial charge in [0, 0.05) is 31.5 Å². The van der Waals surface area contributed by atoms with Crippen LogP contribution in [0.2, 0.25) is 0 Å². The molecule has 0 saturated heterocycles. The molecule has 0 spiro atoms. The van der Waals surface area contributed by atoms with Gasteiger partial charge in [0.1, 0.15) is 4.99 Å². The summed E-state index contributed by atoms with van der Waals surface area (Å²) in [6, 6.07) is 6.05. The molecule has 0 atom stereocenters. The normalized spacial score (nSPS) is 16.1. The number of para-hydroxylation sites is 1. The maximum Gasteiger partial charge on any atom is 0.106 e. The van der Waals surface area contributed by atoms with E-state index >= 15 is 0 Å². The minimum absolute atomic E-state index is 0.409. The fraction of sp³-hybridized carbons (Fsp3) is 0.533. The molecule has 0 aromatic heterocycles. The van der Waals surface area contributed by atoms with E-state index in [0.29, 0.717) is 10.4 Å². The Morgan fingerprint density at radius 3 is 2.79 bits per heavy atom. The lowest BCUT2D eigenvalue weighted by Crippen LogP contribution is -2.20. The first-order chi connectivity index (χ1) is 9.08. The monoisotopic (exact) mass is 278 g/mol. The topological polar surface area (TPSA) is 47.3 Å². The number of benzene rings is 1. The Morgan fingerprint density at radius 2 is 2.21 bits per heavy atom. The van der Waals surface area contributed by atoms with Gasteiger partial charge in [0.15, 0.2) is 0 Å². The second-order valence-electron chi connectivity index (χ2n) is 5.46. The lowest BCUT2D eigenvalue weighted by atomic mass is 10.0. The summed E-state index contributed by atoms with van der Waals surface area (Å²) >= 11 is 5.12. The molecule has 0 heterocycles. The number of nitrogens with one attached hydrogen (secondary N) is 1. The van der Waals surface area contributed by atoms with E-state index in [2.05, 4.69) is 18.3 Å². The molecule has 1 aliphatic rings. The van der Waals surface area contributed by atoms with Crippen LogP contribution in [0.15, 0.2) is 18.2 Å². The van der Waals surface area contributed by atoms with Gasteiger partial charge in [-0.25, -0.2) is 0 Å². The highest BCUT2D eigenvalue weighted by atomic mass is 32.1. The summed E-state index contributed by atoms with van der Waals surface area (Å²) in [6.07, 6.45) is 3.67. The molecular formula is C15H22N2OS. The van der Waals surface area contributed by atoms with Crippen molar-refractivity contribution in [3.63, 3.8) is 0 Å². The van der Waals surface area contributed by atoms with E-state index in [1.54, 1.807) is 7.11 Å². The van der Waals surface area contributed by atoms with Crippen LogP contribution in [0, 0.1) is 12.3 Å². The predicted octanol–water partition coefficient (Wildman–Crippen LogP) is 2.86. The predicted molar refractivity (Wildman–Crippen MR) is 83.7 cm³/mol. The zero-order chi connectivity index (χ0) is 13.9. The van der Waals surface area contributed by atoms with Gasteiger partial charge in [0.05, 0.1) is 0 Å². The van der Waals surface area contributed by atoms with Gasteiger partial charge in [-0.15, -0.1) is 0 Å². The molecule has 104 valence electrons. The first kappa shape index (κ1) is 14.3. The van der Waals surface area contributed by atoms with Gasteiger partial charge in [-0.2, -0.15) is 0 Å². The van der Waals surface area contributed by atoms with Crippen LogP contribution in [-0.4, -0.2) is 25.2 Å². The van der Waals surface area contributed by atoms with Crippen LogP contribution in [0.5, 0.6) is 0 Å². The number of ether oxygens (including phenoxy) is 1. The number of methoxy groups -OCH3 is 1. The van der Waals surface area contributed by atoms with Gasteiger partial charge in [-0.05, 0) is 43.2 Å². The average Bonchev–Trinajstić information content (AvgIpc) is 3.15. The van der Waals surface area contributed by atoms with Crippen molar-refractivity contribution >= 4 is 22.9 Å². The molecule has 4 heteroatoms. The lowest BCUT2D eigenvalue weighted by Gasteiger charge is -2.19. The highest BCUT2D eigenvalue weighted by Crippen LogP contribution is 2.48. The Balaban J connectivity index is 2.05. The largest absolute Gasteiger partial charge is 0.389 e. The van der Waals surface area contributed by atoms with Gasteiger partial charge >= 0.3 is 0 Å². The molecule has 1 aromatic rings. The average molecular weight is 278 g/mol. The van der Waals surface area contributed by atoms with Crippen molar-refractivity contribution in [3.8, 4) is 0 Å². The van der Waals surface area contributed by atoms with Crippen LogP contribution >= 0.6 is 12.2 Å². The first-order valence-corrected chi connectivity index (χ1v) is 7.11. The molecule has 19 heavy (non-hydrogen) atoms. The fourth-order valence-corrected chi connectivity index (χ4v) is 2.56. The van der Waals surface area contributed by atoms with Gasteiger partial charge in [-0.3, -0.25) is 0 Å². The highest BCUT2D eigenvalue weighted by Gasteiger charge is 2.41. The van der Waals surface area contributed by atoms with Crippen molar-refractivity contribution in [1.82, 2.24) is 0 Å². The molecular weight excluding hydrogens is 256 g/mol. The zero-order valence-electron chi connectivity index (χ0n) is 11.7. The molecule has 0 bridgehead atoms. The summed E-state index contributed by atoms with van der Waals surface area (Å²) in [4.78, 5) is 0.452. The highest BCUT2D eigenvalue weighted by molar-refractivity contribution is 7.80. The van der Waals surface area contributed by atoms with Gasteiger partial charge in [-0.1, -0.05) is 24.4 Å². The minimum Gasteiger partial charge on any atom is -0.389 e. The summed E-state index contributed by atoms with van der Waals surface area (Å²) in [6.45, 7) is 3.88. The van der Waals surface area contributed by atoms with Crippen LogP contribution in [0.3, 0.4) is 0 Å². The molecule has 2 rings (SSSR count). The standard InChI is InChI=1S/C15H22N2OS/c1-11-4-3-5-12(14(16)19)13(11)17-10-15(6-7-15)8-9-18-2/h3-5,17H,6-10H2,1-2H3,(H2,16,19). The Morgan fingerprint density at radius 1 is 1.47 bits per heavy atom. The molecule has 3 nitrogen and oxygen atoms in total. The SMILES string of the molecule is COCCC1(CNc2c(C)cccc2C(N)=S)CC1. The van der Waals surface area contributed by atoms with Crippen molar-refractivity contribution < 1.29 is 4.74 Å². The van der Waals surface area contributed by atoms with Crippen molar-refractivity contribution in [2.75, 3.05) is 25.6 Å². The quantitative estimate of drug-likeness (QED) is 0.753. The van der Waals surface area contributed by atoms with Crippen LogP contribution in [0.25, 0.3) is 0 Å². The van der Waals surface area contributed by atoms with Gasteiger partial charge < -0.3 is 15.8 Å². The number of anilines is 1. The summed E-state index contributed by atoms with van der Waals surface area (Å²) in [5.74, 6) is 0. The van der Waals surface area contributed by atoms with Crippen molar-refractivity contribution in [2.24, 2.45) is 11.1 Å². The second kappa shape index (κ2) is 5.88. The van der Waals surface area contributed by atoms with Crippen LogP contribution < -0.4 is 11.1 Å². The third-order valence-electron chi connectivity index (χ3n) is 3.97. The van der Waals surface area contributed by atoms with Crippen molar-refractivity contribution in [3.05, 3.63) is 29.3 Å². The minimum atomic E-state index is 0.409. The maximum absolute atomic E-state index is 5.79. The third-order valence-corrected chi connectivity index (χ3v) is 4.19. The van der Waals surface area contributed by atoms with E-state index in [9.17, 15) is 0 Å². The molecule has 1 aliphatic carbocycles. The van der Waals surface area contributed by atoms with Gasteiger partial charge in [0.25, 0.3) is 0 Å². The van der Waals surface area contributed by atoms with E-state index in [-0.39, 0.29) is 0 Å². The number of hydrogen-bond acceptors (Lipinski definition) is 3. The third kappa shape index (κ3) is 3.45. The Hall–Kier alpha value is -1.13.